The average molecular weight is 358 g/mol. The number of H-pyrrole nitrogens is 1. The summed E-state index contributed by atoms with van der Waals surface area (Å²) in [4.78, 5) is 16.8. The third kappa shape index (κ3) is 3.35. The van der Waals surface area contributed by atoms with Crippen molar-refractivity contribution in [3.63, 3.8) is 0 Å². The summed E-state index contributed by atoms with van der Waals surface area (Å²) >= 11 is 0. The number of carbonyl (C=O) groups excluding carboxylic acids is 1. The average Bonchev–Trinajstić information content (AvgIpc) is 3.03. The van der Waals surface area contributed by atoms with E-state index in [2.05, 4.69) is 10.4 Å². The summed E-state index contributed by atoms with van der Waals surface area (Å²) in [7, 11) is -4.01. The zero-order valence-electron chi connectivity index (χ0n) is 12.6. The molecule has 1 amide bonds. The molecule has 0 aliphatic carbocycles. The molecule has 0 atom stereocenters. The number of halogens is 1. The molecule has 2 aromatic carbocycles. The summed E-state index contributed by atoms with van der Waals surface area (Å²) in [5.74, 6) is -1.26. The Morgan fingerprint density at radius 3 is 2.56 bits per heavy atom. The summed E-state index contributed by atoms with van der Waals surface area (Å²) in [5, 5.41) is 9.05. The lowest BCUT2D eigenvalue weighted by atomic mass is 10.1. The fourth-order valence-electron chi connectivity index (χ4n) is 2.23. The highest BCUT2D eigenvalue weighted by Crippen LogP contribution is 2.19. The van der Waals surface area contributed by atoms with Crippen LogP contribution in [-0.4, -0.2) is 19.3 Å². The maximum absolute atomic E-state index is 13.3. The van der Waals surface area contributed by atoms with Crippen LogP contribution in [0.1, 0.15) is 15.9 Å². The van der Waals surface area contributed by atoms with Gasteiger partial charge in [-0.3, -0.25) is 10.2 Å². The molecule has 0 saturated heterocycles. The largest absolute Gasteiger partial charge is 0.360 e. The molecule has 0 fully saturated rings. The van der Waals surface area contributed by atoms with Crippen LogP contribution in [0.4, 0.5) is 4.39 Å². The molecule has 126 valence electrons. The van der Waals surface area contributed by atoms with Gasteiger partial charge in [0.1, 0.15) is 5.82 Å². The molecule has 0 unspecified atom stereocenters. The second kappa shape index (κ2) is 6.35. The molecule has 1 aromatic heterocycles. The highest BCUT2D eigenvalue weighted by atomic mass is 32.2. The van der Waals surface area contributed by atoms with Crippen molar-refractivity contribution in [2.45, 2.75) is 4.90 Å². The smallest absolute Gasteiger partial charge is 0.268 e. The second-order valence-electron chi connectivity index (χ2n) is 5.09. The third-order valence-electron chi connectivity index (χ3n) is 3.48. The number of hydrazine groups is 1. The number of hydrogen-bond acceptors (Lipinski definition) is 4. The van der Waals surface area contributed by atoms with E-state index in [9.17, 15) is 17.6 Å². The van der Waals surface area contributed by atoms with Gasteiger partial charge in [-0.15, -0.1) is 4.83 Å². The fourth-order valence-corrected chi connectivity index (χ4v) is 3.07. The maximum Gasteiger partial charge on any atom is 0.268 e. The summed E-state index contributed by atoms with van der Waals surface area (Å²) in [6.07, 6.45) is 1.36. The topological polar surface area (TPSA) is 115 Å². The van der Waals surface area contributed by atoms with Crippen molar-refractivity contribution in [1.29, 1.82) is 5.26 Å². The Morgan fingerprint density at radius 2 is 1.88 bits per heavy atom. The van der Waals surface area contributed by atoms with Gasteiger partial charge in [-0.1, -0.05) is 0 Å². The normalized spacial score (nSPS) is 11.2. The number of sulfonamides is 1. The highest BCUT2D eigenvalue weighted by Gasteiger charge is 2.17. The van der Waals surface area contributed by atoms with Gasteiger partial charge in [-0.2, -0.15) is 5.26 Å². The van der Waals surface area contributed by atoms with Crippen LogP contribution in [-0.2, 0) is 10.0 Å². The van der Waals surface area contributed by atoms with Gasteiger partial charge in [-0.05, 0) is 42.5 Å². The van der Waals surface area contributed by atoms with Crippen molar-refractivity contribution < 1.29 is 17.6 Å². The minimum Gasteiger partial charge on any atom is -0.360 e. The standard InChI is InChI=1S/C16H11FN4O3S/c17-11-3-6-15-13(7-11)14(9-19-15)16(22)20-21-25(23,24)12-4-1-10(8-18)2-5-12/h1-7,9,19,21H,(H,20,22). The number of aromatic nitrogens is 1. The number of carbonyl (C=O) groups is 1. The van der Waals surface area contributed by atoms with E-state index in [0.29, 0.717) is 16.5 Å². The zero-order chi connectivity index (χ0) is 18.0. The maximum atomic E-state index is 13.3. The van der Waals surface area contributed by atoms with E-state index < -0.39 is 21.7 Å². The van der Waals surface area contributed by atoms with Crippen LogP contribution < -0.4 is 10.3 Å². The third-order valence-corrected chi connectivity index (χ3v) is 4.74. The molecular weight excluding hydrogens is 347 g/mol. The molecule has 0 aliphatic rings. The number of rotatable bonds is 4. The Morgan fingerprint density at radius 1 is 1.16 bits per heavy atom. The molecule has 7 nitrogen and oxygen atoms in total. The molecule has 1 heterocycles. The number of fused-ring (bicyclic) bond motifs is 1. The molecule has 3 aromatic rings. The number of amides is 1. The summed E-state index contributed by atoms with van der Waals surface area (Å²) in [6, 6.07) is 11.0. The van der Waals surface area contributed by atoms with E-state index in [-0.39, 0.29) is 10.5 Å². The monoisotopic (exact) mass is 358 g/mol. The van der Waals surface area contributed by atoms with Gasteiger partial charge in [0.25, 0.3) is 15.9 Å². The van der Waals surface area contributed by atoms with E-state index in [1.54, 1.807) is 0 Å². The molecule has 3 N–H and O–H groups in total. The summed E-state index contributed by atoms with van der Waals surface area (Å²) in [5.41, 5.74) is 3.03. The van der Waals surface area contributed by atoms with Gasteiger partial charge in [0.15, 0.2) is 0 Å². The molecule has 9 heteroatoms. The van der Waals surface area contributed by atoms with Crippen molar-refractivity contribution >= 4 is 26.8 Å². The van der Waals surface area contributed by atoms with Gasteiger partial charge in [-0.25, -0.2) is 12.8 Å². The van der Waals surface area contributed by atoms with Crippen LogP contribution in [0.25, 0.3) is 10.9 Å². The van der Waals surface area contributed by atoms with Crippen molar-refractivity contribution in [3.05, 3.63) is 65.6 Å². The lowest BCUT2D eigenvalue weighted by Gasteiger charge is -2.08. The predicted molar refractivity (Wildman–Crippen MR) is 87.2 cm³/mol. The number of aromatic amines is 1. The van der Waals surface area contributed by atoms with Gasteiger partial charge in [0, 0.05) is 17.1 Å². The van der Waals surface area contributed by atoms with Crippen molar-refractivity contribution in [3.8, 4) is 6.07 Å². The van der Waals surface area contributed by atoms with Crippen LogP contribution in [0.5, 0.6) is 0 Å². The highest BCUT2D eigenvalue weighted by molar-refractivity contribution is 7.89. The minimum absolute atomic E-state index is 0.0945. The first-order valence-electron chi connectivity index (χ1n) is 7.00. The second-order valence-corrected chi connectivity index (χ2v) is 6.77. The molecule has 25 heavy (non-hydrogen) atoms. The summed E-state index contributed by atoms with van der Waals surface area (Å²) < 4.78 is 37.6. The van der Waals surface area contributed by atoms with Gasteiger partial charge in [0.05, 0.1) is 22.1 Å². The van der Waals surface area contributed by atoms with E-state index in [1.807, 2.05) is 10.9 Å². The number of hydrogen-bond donors (Lipinski definition) is 3. The lowest BCUT2D eigenvalue weighted by Crippen LogP contribution is -2.41. The van der Waals surface area contributed by atoms with Gasteiger partial charge in [0.2, 0.25) is 0 Å². The van der Waals surface area contributed by atoms with Crippen LogP contribution in [0.15, 0.2) is 53.6 Å². The Bertz CT molecular complexity index is 1100. The Kier molecular flexibility index (Phi) is 4.22. The zero-order valence-corrected chi connectivity index (χ0v) is 13.4. The number of benzene rings is 2. The van der Waals surface area contributed by atoms with E-state index in [0.717, 1.165) is 0 Å². The van der Waals surface area contributed by atoms with Crippen LogP contribution in [0, 0.1) is 17.1 Å². The fraction of sp³-hybridized carbons (Fsp3) is 0. The number of nitriles is 1. The van der Waals surface area contributed by atoms with E-state index in [1.165, 1.54) is 48.7 Å². The predicted octanol–water partition coefficient (Wildman–Crippen LogP) is 1.80. The first kappa shape index (κ1) is 16.6. The SMILES string of the molecule is N#Cc1ccc(S(=O)(=O)NNC(=O)c2c[nH]c3ccc(F)cc23)cc1. The summed E-state index contributed by atoms with van der Waals surface area (Å²) in [6.45, 7) is 0. The van der Waals surface area contributed by atoms with E-state index >= 15 is 0 Å². The molecule has 0 aliphatic heterocycles. The van der Waals surface area contributed by atoms with Crippen molar-refractivity contribution in [2.75, 3.05) is 0 Å². The number of nitrogens with zero attached hydrogens (tertiary/aromatic N) is 1. The van der Waals surface area contributed by atoms with Crippen LogP contribution >= 0.6 is 0 Å². The van der Waals surface area contributed by atoms with Crippen molar-refractivity contribution in [2.24, 2.45) is 0 Å². The molecule has 3 rings (SSSR count). The molecular formula is C16H11FN4O3S. The van der Waals surface area contributed by atoms with Gasteiger partial charge < -0.3 is 4.98 Å². The van der Waals surface area contributed by atoms with Crippen molar-refractivity contribution in [1.82, 2.24) is 15.2 Å². The van der Waals surface area contributed by atoms with Gasteiger partial charge >= 0.3 is 0 Å². The first-order valence-corrected chi connectivity index (χ1v) is 8.48. The van der Waals surface area contributed by atoms with Crippen LogP contribution in [0.3, 0.4) is 0 Å². The van der Waals surface area contributed by atoms with Crippen LogP contribution in [0.2, 0.25) is 0 Å². The Balaban J connectivity index is 1.78. The Hall–Kier alpha value is -3.22. The molecule has 0 spiro atoms. The minimum atomic E-state index is -4.01. The quantitative estimate of drug-likeness (QED) is 0.617. The van der Waals surface area contributed by atoms with E-state index in [4.69, 9.17) is 5.26 Å². The Labute approximate surface area is 142 Å². The lowest BCUT2D eigenvalue weighted by molar-refractivity contribution is 0.0947. The number of nitrogens with one attached hydrogen (secondary N) is 3. The first-order chi connectivity index (χ1) is 11.9. The molecule has 0 radical (unpaired) electrons. The molecule has 0 bridgehead atoms. The molecule has 0 saturated carbocycles.